The van der Waals surface area contributed by atoms with E-state index in [0.717, 1.165) is 17.5 Å². The summed E-state index contributed by atoms with van der Waals surface area (Å²) >= 11 is 3.28. The van der Waals surface area contributed by atoms with E-state index in [2.05, 4.69) is 22.9 Å². The minimum Gasteiger partial charge on any atom is -0.442 e. The normalized spacial score (nSPS) is 19.8. The van der Waals surface area contributed by atoms with Gasteiger partial charge in [0.1, 0.15) is 0 Å². The van der Waals surface area contributed by atoms with Gasteiger partial charge < -0.3 is 4.74 Å². The number of carbonyl (C=O) groups is 1. The van der Waals surface area contributed by atoms with Crippen LogP contribution in [0.4, 0.5) is 0 Å². The highest BCUT2D eigenvalue weighted by atomic mass is 79.9. The van der Waals surface area contributed by atoms with E-state index in [4.69, 9.17) is 4.74 Å². The molecule has 0 radical (unpaired) electrons. The van der Waals surface area contributed by atoms with E-state index >= 15 is 0 Å². The van der Waals surface area contributed by atoms with Crippen molar-refractivity contribution in [1.29, 1.82) is 0 Å². The molecule has 0 saturated heterocycles. The van der Waals surface area contributed by atoms with Crippen LogP contribution in [0.2, 0.25) is 0 Å². The predicted octanol–water partition coefficient (Wildman–Crippen LogP) is 2.81. The summed E-state index contributed by atoms with van der Waals surface area (Å²) in [6.45, 7) is 2.06. The van der Waals surface area contributed by atoms with E-state index < -0.39 is 0 Å². The van der Waals surface area contributed by atoms with Crippen molar-refractivity contribution in [3.63, 3.8) is 0 Å². The standard InChI is InChI=1S/C10H9BrO2/c1-2-6-3-4-7-8(5-6)10(12)13-9(7)11/h3-5,9H,2H2,1H3. The van der Waals surface area contributed by atoms with E-state index in [1.165, 1.54) is 0 Å². The average molecular weight is 241 g/mol. The second-order valence-corrected chi connectivity index (χ2v) is 3.83. The van der Waals surface area contributed by atoms with Crippen molar-refractivity contribution in [2.45, 2.75) is 18.4 Å². The van der Waals surface area contributed by atoms with Gasteiger partial charge in [0.15, 0.2) is 5.01 Å². The smallest absolute Gasteiger partial charge is 0.340 e. The lowest BCUT2D eigenvalue weighted by Gasteiger charge is -2.00. The number of ether oxygens (including phenoxy) is 1. The van der Waals surface area contributed by atoms with Gasteiger partial charge in [-0.15, -0.1) is 0 Å². The molecule has 0 fully saturated rings. The molecule has 0 aromatic heterocycles. The maximum atomic E-state index is 11.3. The average Bonchev–Trinajstić information content (AvgIpc) is 2.42. The van der Waals surface area contributed by atoms with Crippen molar-refractivity contribution < 1.29 is 9.53 Å². The van der Waals surface area contributed by atoms with Crippen molar-refractivity contribution >= 4 is 21.9 Å². The molecule has 1 aromatic carbocycles. The fraction of sp³-hybridized carbons (Fsp3) is 0.300. The Morgan fingerprint density at radius 2 is 2.31 bits per heavy atom. The lowest BCUT2D eigenvalue weighted by atomic mass is 10.0. The summed E-state index contributed by atoms with van der Waals surface area (Å²) in [4.78, 5) is 11.3. The number of aryl methyl sites for hydroxylation is 1. The summed E-state index contributed by atoms with van der Waals surface area (Å²) < 4.78 is 5.01. The molecule has 0 bridgehead atoms. The second-order valence-electron chi connectivity index (χ2n) is 3.00. The SMILES string of the molecule is CCc1ccc2c(c1)C(=O)OC2Br. The Labute approximate surface area is 85.0 Å². The van der Waals surface area contributed by atoms with Gasteiger partial charge in [-0.3, -0.25) is 0 Å². The first-order valence-corrected chi connectivity index (χ1v) is 5.12. The van der Waals surface area contributed by atoms with Crippen LogP contribution in [-0.2, 0) is 11.2 Å². The number of hydrogen-bond acceptors (Lipinski definition) is 2. The van der Waals surface area contributed by atoms with Crippen molar-refractivity contribution in [1.82, 2.24) is 0 Å². The summed E-state index contributed by atoms with van der Waals surface area (Å²) in [6, 6.07) is 5.87. The summed E-state index contributed by atoms with van der Waals surface area (Å²) in [6.07, 6.45) is 0.938. The molecule has 2 rings (SSSR count). The third-order valence-corrected chi connectivity index (χ3v) is 2.88. The maximum Gasteiger partial charge on any atom is 0.340 e. The highest BCUT2D eigenvalue weighted by molar-refractivity contribution is 9.09. The molecule has 0 aliphatic carbocycles. The van der Waals surface area contributed by atoms with Crippen LogP contribution in [0.3, 0.4) is 0 Å². The predicted molar refractivity (Wildman–Crippen MR) is 52.9 cm³/mol. The Morgan fingerprint density at radius 3 is 3.00 bits per heavy atom. The summed E-state index contributed by atoms with van der Waals surface area (Å²) in [7, 11) is 0. The molecule has 2 nitrogen and oxygen atoms in total. The minimum absolute atomic E-state index is 0.229. The molecular formula is C10H9BrO2. The number of fused-ring (bicyclic) bond motifs is 1. The molecule has 68 valence electrons. The van der Waals surface area contributed by atoms with Crippen LogP contribution in [0.25, 0.3) is 0 Å². The maximum absolute atomic E-state index is 11.3. The number of esters is 1. The highest BCUT2D eigenvalue weighted by Gasteiger charge is 2.28. The van der Waals surface area contributed by atoms with E-state index in [-0.39, 0.29) is 11.0 Å². The number of halogens is 1. The van der Waals surface area contributed by atoms with Gasteiger partial charge in [-0.25, -0.2) is 4.79 Å². The number of hydrogen-bond donors (Lipinski definition) is 0. The van der Waals surface area contributed by atoms with Crippen molar-refractivity contribution in [2.24, 2.45) is 0 Å². The molecule has 0 N–H and O–H groups in total. The lowest BCUT2D eigenvalue weighted by Crippen LogP contribution is -1.94. The Morgan fingerprint density at radius 1 is 1.54 bits per heavy atom. The van der Waals surface area contributed by atoms with Crippen LogP contribution >= 0.6 is 15.9 Å². The monoisotopic (exact) mass is 240 g/mol. The molecule has 0 spiro atoms. The molecule has 1 atom stereocenters. The Bertz CT molecular complexity index is 360. The molecule has 1 aromatic rings. The zero-order chi connectivity index (χ0) is 9.42. The first-order chi connectivity index (χ1) is 6.22. The summed E-state index contributed by atoms with van der Waals surface area (Å²) in [5.41, 5.74) is 2.79. The fourth-order valence-corrected chi connectivity index (χ4v) is 1.99. The van der Waals surface area contributed by atoms with Gasteiger partial charge in [0.05, 0.1) is 5.56 Å². The third kappa shape index (κ3) is 1.37. The zero-order valence-corrected chi connectivity index (χ0v) is 8.80. The van der Waals surface area contributed by atoms with Gasteiger partial charge >= 0.3 is 5.97 Å². The van der Waals surface area contributed by atoms with E-state index in [9.17, 15) is 4.79 Å². The van der Waals surface area contributed by atoms with Crippen LogP contribution < -0.4 is 0 Å². The van der Waals surface area contributed by atoms with E-state index in [1.807, 2.05) is 18.2 Å². The van der Waals surface area contributed by atoms with Crippen LogP contribution in [0.5, 0.6) is 0 Å². The molecule has 13 heavy (non-hydrogen) atoms. The molecule has 0 amide bonds. The van der Waals surface area contributed by atoms with Crippen LogP contribution in [0, 0.1) is 0 Å². The Balaban J connectivity index is 2.52. The lowest BCUT2D eigenvalue weighted by molar-refractivity contribution is 0.0530. The Hall–Kier alpha value is -0.830. The first-order valence-electron chi connectivity index (χ1n) is 4.20. The number of alkyl halides is 1. The quantitative estimate of drug-likeness (QED) is 0.558. The fourth-order valence-electron chi connectivity index (χ4n) is 1.42. The van der Waals surface area contributed by atoms with Gasteiger partial charge in [0, 0.05) is 5.56 Å². The van der Waals surface area contributed by atoms with Crippen molar-refractivity contribution in [2.75, 3.05) is 0 Å². The van der Waals surface area contributed by atoms with Gasteiger partial charge in [0.2, 0.25) is 0 Å². The molecule has 1 unspecified atom stereocenters. The summed E-state index contributed by atoms with van der Waals surface area (Å²) in [5.74, 6) is -0.229. The van der Waals surface area contributed by atoms with Gasteiger partial charge in [0.25, 0.3) is 0 Å². The van der Waals surface area contributed by atoms with Crippen molar-refractivity contribution in [3.8, 4) is 0 Å². The third-order valence-electron chi connectivity index (χ3n) is 2.20. The molecule has 1 aliphatic heterocycles. The highest BCUT2D eigenvalue weighted by Crippen LogP contribution is 2.35. The van der Waals surface area contributed by atoms with Gasteiger partial charge in [-0.05, 0) is 34.0 Å². The van der Waals surface area contributed by atoms with E-state index in [0.29, 0.717) is 5.56 Å². The largest absolute Gasteiger partial charge is 0.442 e. The number of carbonyl (C=O) groups excluding carboxylic acids is 1. The van der Waals surface area contributed by atoms with Crippen LogP contribution in [0.15, 0.2) is 18.2 Å². The molecule has 1 aliphatic rings. The van der Waals surface area contributed by atoms with Gasteiger partial charge in [-0.2, -0.15) is 0 Å². The summed E-state index contributed by atoms with van der Waals surface area (Å²) in [5, 5.41) is -0.263. The Kier molecular flexibility index (Phi) is 2.12. The van der Waals surface area contributed by atoms with Gasteiger partial charge in [-0.1, -0.05) is 19.1 Å². The molecular weight excluding hydrogens is 232 g/mol. The number of rotatable bonds is 1. The zero-order valence-electron chi connectivity index (χ0n) is 7.21. The van der Waals surface area contributed by atoms with Crippen LogP contribution in [0.1, 0.15) is 33.4 Å². The first kappa shape index (κ1) is 8.75. The molecule has 0 saturated carbocycles. The molecule has 1 heterocycles. The van der Waals surface area contributed by atoms with Crippen molar-refractivity contribution in [3.05, 3.63) is 34.9 Å². The second kappa shape index (κ2) is 3.14. The molecule has 3 heteroatoms. The number of benzene rings is 1. The topological polar surface area (TPSA) is 26.3 Å². The number of cyclic esters (lactones) is 1. The van der Waals surface area contributed by atoms with E-state index in [1.54, 1.807) is 0 Å². The minimum atomic E-state index is -0.263. The van der Waals surface area contributed by atoms with Crippen LogP contribution in [-0.4, -0.2) is 5.97 Å².